The van der Waals surface area contributed by atoms with Gasteiger partial charge in [-0.25, -0.2) is 0 Å². The number of hydrogen-bond acceptors (Lipinski definition) is 4. The van der Waals surface area contributed by atoms with E-state index in [9.17, 15) is 10.1 Å². The minimum absolute atomic E-state index is 0.0143. The fourth-order valence-corrected chi connectivity index (χ4v) is 1.71. The Morgan fingerprint density at radius 3 is 2.74 bits per heavy atom. The van der Waals surface area contributed by atoms with E-state index in [0.717, 1.165) is 5.56 Å². The second-order valence-corrected chi connectivity index (χ2v) is 5.13. The van der Waals surface area contributed by atoms with E-state index in [1.165, 1.54) is 6.07 Å². The molecule has 1 rings (SSSR count). The zero-order valence-corrected chi connectivity index (χ0v) is 11.5. The standard InChI is InChI=1S/C14H18N2O3/c1-11-6-4-7-12(16(17)18)13(11)19-9-5-8-14(2,3)10-15/h4,6-7H,5,8-9H2,1-3H3. The lowest BCUT2D eigenvalue weighted by atomic mass is 9.90. The lowest BCUT2D eigenvalue weighted by Crippen LogP contribution is -2.10. The predicted octanol–water partition coefficient (Wildman–Crippen LogP) is 3.61. The van der Waals surface area contributed by atoms with Gasteiger partial charge in [0.25, 0.3) is 0 Å². The van der Waals surface area contributed by atoms with E-state index in [2.05, 4.69) is 6.07 Å². The molecular formula is C14H18N2O3. The number of para-hydroxylation sites is 1. The summed E-state index contributed by atoms with van der Waals surface area (Å²) < 4.78 is 5.52. The number of ether oxygens (including phenoxy) is 1. The first kappa shape index (κ1) is 15.0. The largest absolute Gasteiger partial charge is 0.487 e. The summed E-state index contributed by atoms with van der Waals surface area (Å²) in [5, 5.41) is 19.8. The third-order valence-electron chi connectivity index (χ3n) is 2.88. The van der Waals surface area contributed by atoms with Gasteiger partial charge >= 0.3 is 5.69 Å². The minimum atomic E-state index is -0.443. The van der Waals surface area contributed by atoms with Crippen LogP contribution in [0.15, 0.2) is 18.2 Å². The molecule has 102 valence electrons. The molecule has 0 atom stereocenters. The van der Waals surface area contributed by atoms with E-state index < -0.39 is 4.92 Å². The van der Waals surface area contributed by atoms with E-state index in [1.54, 1.807) is 19.1 Å². The van der Waals surface area contributed by atoms with Gasteiger partial charge in [0.1, 0.15) is 0 Å². The van der Waals surface area contributed by atoms with Crippen LogP contribution in [0.2, 0.25) is 0 Å². The van der Waals surface area contributed by atoms with E-state index in [-0.39, 0.29) is 11.1 Å². The maximum absolute atomic E-state index is 10.9. The molecule has 0 unspecified atom stereocenters. The Labute approximate surface area is 113 Å². The number of aryl methyl sites for hydroxylation is 1. The Kier molecular flexibility index (Phi) is 4.87. The quantitative estimate of drug-likeness (QED) is 0.445. The van der Waals surface area contributed by atoms with Crippen LogP contribution in [0.25, 0.3) is 0 Å². The van der Waals surface area contributed by atoms with Crippen molar-refractivity contribution in [3.63, 3.8) is 0 Å². The predicted molar refractivity (Wildman–Crippen MR) is 72.0 cm³/mol. The van der Waals surface area contributed by atoms with Crippen molar-refractivity contribution < 1.29 is 9.66 Å². The molecule has 0 aliphatic rings. The first-order valence-corrected chi connectivity index (χ1v) is 6.15. The fraction of sp³-hybridized carbons (Fsp3) is 0.500. The van der Waals surface area contributed by atoms with Crippen molar-refractivity contribution in [2.45, 2.75) is 33.6 Å². The maximum Gasteiger partial charge on any atom is 0.311 e. The van der Waals surface area contributed by atoms with Gasteiger partial charge in [0.15, 0.2) is 5.75 Å². The first-order chi connectivity index (χ1) is 8.87. The van der Waals surface area contributed by atoms with Crippen LogP contribution in [0.3, 0.4) is 0 Å². The molecule has 0 saturated carbocycles. The van der Waals surface area contributed by atoms with Crippen LogP contribution in [0.4, 0.5) is 5.69 Å². The Balaban J connectivity index is 2.64. The Hall–Kier alpha value is -2.09. The van der Waals surface area contributed by atoms with Crippen molar-refractivity contribution in [1.29, 1.82) is 5.26 Å². The molecule has 0 bridgehead atoms. The Morgan fingerprint density at radius 1 is 1.47 bits per heavy atom. The second kappa shape index (κ2) is 6.19. The smallest absolute Gasteiger partial charge is 0.311 e. The molecule has 5 nitrogen and oxygen atoms in total. The third-order valence-corrected chi connectivity index (χ3v) is 2.88. The van der Waals surface area contributed by atoms with Crippen LogP contribution < -0.4 is 4.74 Å². The Bertz CT molecular complexity index is 504. The van der Waals surface area contributed by atoms with E-state index in [0.29, 0.717) is 25.2 Å². The number of nitro benzene ring substituents is 1. The molecule has 19 heavy (non-hydrogen) atoms. The fourth-order valence-electron chi connectivity index (χ4n) is 1.71. The average molecular weight is 262 g/mol. The molecule has 1 aromatic rings. The zero-order valence-electron chi connectivity index (χ0n) is 11.5. The van der Waals surface area contributed by atoms with E-state index >= 15 is 0 Å². The highest BCUT2D eigenvalue weighted by molar-refractivity contribution is 5.51. The summed E-state index contributed by atoms with van der Waals surface area (Å²) in [6.07, 6.45) is 1.38. The lowest BCUT2D eigenvalue weighted by Gasteiger charge is -2.15. The molecule has 0 heterocycles. The van der Waals surface area contributed by atoms with Crippen LogP contribution in [0, 0.1) is 33.8 Å². The number of benzene rings is 1. The van der Waals surface area contributed by atoms with Crippen molar-refractivity contribution in [3.05, 3.63) is 33.9 Å². The van der Waals surface area contributed by atoms with Gasteiger partial charge in [0.2, 0.25) is 0 Å². The molecule has 0 N–H and O–H groups in total. The van der Waals surface area contributed by atoms with E-state index in [1.807, 2.05) is 13.8 Å². The van der Waals surface area contributed by atoms with Crippen LogP contribution >= 0.6 is 0 Å². The Morgan fingerprint density at radius 2 is 2.16 bits per heavy atom. The molecule has 5 heteroatoms. The van der Waals surface area contributed by atoms with Crippen molar-refractivity contribution >= 4 is 5.69 Å². The first-order valence-electron chi connectivity index (χ1n) is 6.15. The zero-order chi connectivity index (χ0) is 14.5. The van der Waals surface area contributed by atoms with E-state index in [4.69, 9.17) is 10.00 Å². The number of rotatable bonds is 6. The lowest BCUT2D eigenvalue weighted by molar-refractivity contribution is -0.385. The van der Waals surface area contributed by atoms with Gasteiger partial charge in [-0.05, 0) is 39.2 Å². The summed E-state index contributed by atoms with van der Waals surface area (Å²) in [5.41, 5.74) is 0.342. The number of nitriles is 1. The number of nitrogens with zero attached hydrogens (tertiary/aromatic N) is 2. The summed E-state index contributed by atoms with van der Waals surface area (Å²) in [4.78, 5) is 10.5. The summed E-state index contributed by atoms with van der Waals surface area (Å²) in [6.45, 7) is 5.88. The SMILES string of the molecule is Cc1cccc([N+](=O)[O-])c1OCCCC(C)(C)C#N. The van der Waals surface area contributed by atoms with Gasteiger partial charge in [0.05, 0.1) is 23.0 Å². The average Bonchev–Trinajstić information content (AvgIpc) is 2.35. The van der Waals surface area contributed by atoms with Crippen molar-refractivity contribution in [2.75, 3.05) is 6.61 Å². The molecule has 1 aromatic carbocycles. The molecule has 0 amide bonds. The normalized spacial score (nSPS) is 10.8. The van der Waals surface area contributed by atoms with Crippen molar-refractivity contribution in [3.8, 4) is 11.8 Å². The van der Waals surface area contributed by atoms with Gasteiger partial charge in [-0.3, -0.25) is 10.1 Å². The van der Waals surface area contributed by atoms with Crippen LogP contribution in [0.1, 0.15) is 32.3 Å². The third kappa shape index (κ3) is 4.25. The van der Waals surface area contributed by atoms with Crippen LogP contribution in [-0.2, 0) is 0 Å². The molecule has 0 aliphatic carbocycles. The van der Waals surface area contributed by atoms with Gasteiger partial charge in [-0.15, -0.1) is 0 Å². The molecule has 0 aliphatic heterocycles. The topological polar surface area (TPSA) is 76.2 Å². The summed E-state index contributed by atoms with van der Waals surface area (Å²) in [6, 6.07) is 7.07. The minimum Gasteiger partial charge on any atom is -0.487 e. The maximum atomic E-state index is 10.9. The molecule has 0 aromatic heterocycles. The second-order valence-electron chi connectivity index (χ2n) is 5.13. The highest BCUT2D eigenvalue weighted by atomic mass is 16.6. The summed E-state index contributed by atoms with van der Waals surface area (Å²) in [7, 11) is 0. The highest BCUT2D eigenvalue weighted by Crippen LogP contribution is 2.30. The highest BCUT2D eigenvalue weighted by Gasteiger charge is 2.18. The molecule has 0 spiro atoms. The van der Waals surface area contributed by atoms with Gasteiger partial charge in [0, 0.05) is 6.07 Å². The summed E-state index contributed by atoms with van der Waals surface area (Å²) in [5.74, 6) is 0.322. The number of nitro groups is 1. The molecular weight excluding hydrogens is 244 g/mol. The number of hydrogen-bond donors (Lipinski definition) is 0. The van der Waals surface area contributed by atoms with Crippen LogP contribution in [-0.4, -0.2) is 11.5 Å². The van der Waals surface area contributed by atoms with Gasteiger partial charge in [-0.1, -0.05) is 12.1 Å². The molecule has 0 radical (unpaired) electrons. The summed E-state index contributed by atoms with van der Waals surface area (Å²) >= 11 is 0. The van der Waals surface area contributed by atoms with Crippen molar-refractivity contribution in [1.82, 2.24) is 0 Å². The van der Waals surface area contributed by atoms with Gasteiger partial charge < -0.3 is 4.74 Å². The monoisotopic (exact) mass is 262 g/mol. The van der Waals surface area contributed by atoms with Crippen molar-refractivity contribution in [2.24, 2.45) is 5.41 Å². The van der Waals surface area contributed by atoms with Gasteiger partial charge in [-0.2, -0.15) is 5.26 Å². The molecule has 0 saturated heterocycles. The molecule has 0 fully saturated rings. The van der Waals surface area contributed by atoms with Crippen LogP contribution in [0.5, 0.6) is 5.75 Å².